The first-order valence-electron chi connectivity index (χ1n) is 5.66. The van der Waals surface area contributed by atoms with Gasteiger partial charge in [-0.3, -0.25) is 16.0 Å². The number of imidazole rings is 1. The maximum Gasteiger partial charge on any atom is 0.291 e. The van der Waals surface area contributed by atoms with Crippen LogP contribution in [0.1, 0.15) is 5.69 Å². The molecule has 0 unspecified atom stereocenters. The Bertz CT molecular complexity index is 743. The number of benzene rings is 1. The van der Waals surface area contributed by atoms with Crippen molar-refractivity contribution in [1.29, 1.82) is 0 Å². The van der Waals surface area contributed by atoms with Crippen molar-refractivity contribution in [3.05, 3.63) is 46.5 Å². The highest BCUT2D eigenvalue weighted by atomic mass is 32.2. The largest absolute Gasteiger partial charge is 0.347 e. The highest BCUT2D eigenvalue weighted by Crippen LogP contribution is 2.26. The van der Waals surface area contributed by atoms with Gasteiger partial charge in [0, 0.05) is 18.0 Å². The predicted octanol–water partition coefficient (Wildman–Crippen LogP) is 0.0820. The van der Waals surface area contributed by atoms with Crippen LogP contribution in [0, 0.1) is 10.1 Å². The average Bonchev–Trinajstić information content (AvgIpc) is 2.98. The van der Waals surface area contributed by atoms with Gasteiger partial charge in [0.15, 0.2) is 4.90 Å². The first-order chi connectivity index (χ1) is 9.94. The number of sulfonamides is 1. The monoisotopic (exact) mass is 312 g/mol. The molecule has 0 aliphatic heterocycles. The second kappa shape index (κ2) is 5.87. The number of nitro groups is 1. The van der Waals surface area contributed by atoms with E-state index < -0.39 is 25.5 Å². The molecule has 0 atom stereocenters. The van der Waals surface area contributed by atoms with Gasteiger partial charge in [0.1, 0.15) is 0 Å². The number of anilines is 1. The number of hydrogen-bond donors (Lipinski definition) is 4. The fourth-order valence-corrected chi connectivity index (χ4v) is 2.77. The number of rotatable bonds is 6. The number of hydrazine groups is 1. The molecule has 0 bridgehead atoms. The van der Waals surface area contributed by atoms with E-state index in [1.54, 1.807) is 0 Å². The Balaban J connectivity index is 2.32. The third-order valence-electron chi connectivity index (χ3n) is 2.62. The van der Waals surface area contributed by atoms with Crippen LogP contribution in [-0.4, -0.2) is 23.3 Å². The number of nitrogen functional groups attached to an aromatic ring is 1. The van der Waals surface area contributed by atoms with E-state index in [2.05, 4.69) is 20.1 Å². The van der Waals surface area contributed by atoms with Crippen molar-refractivity contribution in [3.63, 3.8) is 0 Å². The highest BCUT2D eigenvalue weighted by Gasteiger charge is 2.26. The number of aromatic nitrogens is 2. The second-order valence-corrected chi connectivity index (χ2v) is 5.72. The Morgan fingerprint density at radius 3 is 2.76 bits per heavy atom. The molecule has 2 rings (SSSR count). The fourth-order valence-electron chi connectivity index (χ4n) is 1.61. The molecule has 0 fully saturated rings. The first kappa shape index (κ1) is 14.9. The van der Waals surface area contributed by atoms with Crippen LogP contribution in [0.5, 0.6) is 0 Å². The lowest BCUT2D eigenvalue weighted by molar-refractivity contribution is -0.387. The molecule has 0 aliphatic rings. The summed E-state index contributed by atoms with van der Waals surface area (Å²) in [5.74, 6) is 5.15. The number of nitrogens with two attached hydrogens (primary N) is 1. The number of H-pyrrole nitrogens is 1. The first-order valence-corrected chi connectivity index (χ1v) is 7.14. The Morgan fingerprint density at radius 2 is 2.19 bits per heavy atom. The van der Waals surface area contributed by atoms with E-state index in [1.807, 2.05) is 0 Å². The second-order valence-electron chi connectivity index (χ2n) is 3.99. The summed E-state index contributed by atoms with van der Waals surface area (Å²) in [4.78, 5) is 16.2. The molecular formula is C10H12N6O4S. The van der Waals surface area contributed by atoms with Gasteiger partial charge in [-0.05, 0) is 12.1 Å². The molecule has 21 heavy (non-hydrogen) atoms. The molecule has 11 heteroatoms. The minimum atomic E-state index is -4.05. The highest BCUT2D eigenvalue weighted by molar-refractivity contribution is 7.89. The van der Waals surface area contributed by atoms with Crippen molar-refractivity contribution in [2.24, 2.45) is 5.84 Å². The quantitative estimate of drug-likeness (QED) is 0.334. The Kier molecular flexibility index (Phi) is 4.16. The van der Waals surface area contributed by atoms with Crippen LogP contribution < -0.4 is 16.0 Å². The summed E-state index contributed by atoms with van der Waals surface area (Å²) in [7, 11) is -4.05. The number of nitro benzene ring substituents is 1. The summed E-state index contributed by atoms with van der Waals surface area (Å²) in [6.07, 6.45) is 2.84. The van der Waals surface area contributed by atoms with E-state index in [4.69, 9.17) is 5.84 Å². The van der Waals surface area contributed by atoms with Crippen molar-refractivity contribution in [1.82, 2.24) is 14.7 Å². The zero-order valence-electron chi connectivity index (χ0n) is 10.6. The van der Waals surface area contributed by atoms with Crippen LogP contribution >= 0.6 is 0 Å². The third-order valence-corrected chi connectivity index (χ3v) is 4.07. The van der Waals surface area contributed by atoms with Crippen molar-refractivity contribution in [3.8, 4) is 0 Å². The van der Waals surface area contributed by atoms with Crippen molar-refractivity contribution in [2.75, 3.05) is 5.43 Å². The number of hydrogen-bond acceptors (Lipinski definition) is 7. The lowest BCUT2D eigenvalue weighted by Gasteiger charge is -2.08. The molecule has 1 heterocycles. The topological polar surface area (TPSA) is 156 Å². The molecule has 0 saturated carbocycles. The van der Waals surface area contributed by atoms with Gasteiger partial charge in [-0.15, -0.1) is 0 Å². The van der Waals surface area contributed by atoms with Gasteiger partial charge in [0.05, 0.1) is 23.5 Å². The third kappa shape index (κ3) is 3.34. The molecule has 1 aromatic carbocycles. The smallest absolute Gasteiger partial charge is 0.291 e. The molecule has 1 aromatic heterocycles. The molecular weight excluding hydrogens is 300 g/mol. The summed E-state index contributed by atoms with van der Waals surface area (Å²) in [6.45, 7) is -0.0591. The number of nitrogens with one attached hydrogen (secondary N) is 3. The van der Waals surface area contributed by atoms with E-state index in [-0.39, 0.29) is 12.2 Å². The van der Waals surface area contributed by atoms with Crippen LogP contribution in [0.25, 0.3) is 0 Å². The Labute approximate surface area is 119 Å². The van der Waals surface area contributed by atoms with E-state index in [0.29, 0.717) is 5.69 Å². The van der Waals surface area contributed by atoms with Gasteiger partial charge in [-0.1, -0.05) is 0 Å². The lowest BCUT2D eigenvalue weighted by atomic mass is 10.3. The SMILES string of the molecule is NNc1ccc(S(=O)(=O)NCc2cnc[nH]2)c([N+](=O)[O-])c1. The number of nitrogens with zero attached hydrogens (tertiary/aromatic N) is 2. The van der Waals surface area contributed by atoms with Gasteiger partial charge in [0.2, 0.25) is 10.0 Å². The maximum atomic E-state index is 12.2. The average molecular weight is 312 g/mol. The van der Waals surface area contributed by atoms with Gasteiger partial charge in [-0.25, -0.2) is 18.1 Å². The zero-order valence-corrected chi connectivity index (χ0v) is 11.4. The predicted molar refractivity (Wildman–Crippen MR) is 73.5 cm³/mol. The van der Waals surface area contributed by atoms with Crippen LogP contribution in [0.4, 0.5) is 11.4 Å². The van der Waals surface area contributed by atoms with Gasteiger partial charge in [0.25, 0.3) is 5.69 Å². The minimum absolute atomic E-state index is 0.0591. The van der Waals surface area contributed by atoms with E-state index >= 15 is 0 Å². The summed E-state index contributed by atoms with van der Waals surface area (Å²) in [5.41, 5.74) is 2.42. The van der Waals surface area contributed by atoms with E-state index in [0.717, 1.165) is 12.1 Å². The normalized spacial score (nSPS) is 11.3. The van der Waals surface area contributed by atoms with E-state index in [9.17, 15) is 18.5 Å². The van der Waals surface area contributed by atoms with E-state index in [1.165, 1.54) is 18.6 Å². The summed E-state index contributed by atoms with van der Waals surface area (Å²) in [5, 5.41) is 11.0. The molecule has 0 amide bonds. The summed E-state index contributed by atoms with van der Waals surface area (Å²) in [6, 6.07) is 3.49. The van der Waals surface area contributed by atoms with Gasteiger partial charge < -0.3 is 10.4 Å². The van der Waals surface area contributed by atoms with Crippen molar-refractivity contribution < 1.29 is 13.3 Å². The molecule has 5 N–H and O–H groups in total. The van der Waals surface area contributed by atoms with Crippen molar-refractivity contribution in [2.45, 2.75) is 11.4 Å². The summed E-state index contributed by atoms with van der Waals surface area (Å²) < 4.78 is 26.6. The van der Waals surface area contributed by atoms with Crippen LogP contribution in [-0.2, 0) is 16.6 Å². The number of aromatic amines is 1. The fraction of sp³-hybridized carbons (Fsp3) is 0.100. The van der Waals surface area contributed by atoms with Crippen molar-refractivity contribution >= 4 is 21.4 Å². The zero-order chi connectivity index (χ0) is 15.5. The molecule has 0 aliphatic carbocycles. The van der Waals surface area contributed by atoms with Gasteiger partial charge in [-0.2, -0.15) is 0 Å². The molecule has 10 nitrogen and oxygen atoms in total. The van der Waals surface area contributed by atoms with Gasteiger partial charge >= 0.3 is 0 Å². The Hall–Kier alpha value is -2.50. The molecule has 112 valence electrons. The molecule has 2 aromatic rings. The minimum Gasteiger partial charge on any atom is -0.347 e. The van der Waals surface area contributed by atoms with Crippen LogP contribution in [0.3, 0.4) is 0 Å². The molecule has 0 spiro atoms. The summed E-state index contributed by atoms with van der Waals surface area (Å²) >= 11 is 0. The van der Waals surface area contributed by atoms with Crippen LogP contribution in [0.2, 0.25) is 0 Å². The molecule has 0 saturated heterocycles. The Morgan fingerprint density at radius 1 is 1.43 bits per heavy atom. The lowest BCUT2D eigenvalue weighted by Crippen LogP contribution is -2.24. The standard InChI is InChI=1S/C10H12N6O4S/c11-15-7-1-2-10(9(3-7)16(17)18)21(19,20)14-5-8-4-12-6-13-8/h1-4,6,14-15H,5,11H2,(H,12,13). The van der Waals surface area contributed by atoms with Crippen LogP contribution in [0.15, 0.2) is 35.6 Å². The maximum absolute atomic E-state index is 12.2. The molecule has 0 radical (unpaired) electrons.